The van der Waals surface area contributed by atoms with Crippen molar-refractivity contribution in [2.24, 2.45) is 0 Å². The van der Waals surface area contributed by atoms with Gasteiger partial charge in [0, 0.05) is 44.8 Å². The predicted molar refractivity (Wildman–Crippen MR) is 108 cm³/mol. The van der Waals surface area contributed by atoms with Gasteiger partial charge in [0.25, 0.3) is 5.91 Å². The molecule has 2 heterocycles. The minimum Gasteiger partial charge on any atom is -0.363 e. The molecule has 0 aliphatic rings. The summed E-state index contributed by atoms with van der Waals surface area (Å²) in [6.07, 6.45) is 4.42. The van der Waals surface area contributed by atoms with Crippen molar-refractivity contribution in [3.63, 3.8) is 0 Å². The Kier molecular flexibility index (Phi) is 6.78. The number of nitrogens with zero attached hydrogens (tertiary/aromatic N) is 4. The first-order chi connectivity index (χ1) is 12.9. The summed E-state index contributed by atoms with van der Waals surface area (Å²) in [4.78, 5) is 18.7. The number of carbonyl (C=O) groups is 1. The summed E-state index contributed by atoms with van der Waals surface area (Å²) in [5.41, 5.74) is 4.09. The SMILES string of the molecule is CCCn1c(C)cc(/C=C(\C#N)C(=O)NCc2ccc(N(C)C)nc2)c1C. The molecule has 1 amide bonds. The van der Waals surface area contributed by atoms with Gasteiger partial charge in [-0.05, 0) is 49.6 Å². The van der Waals surface area contributed by atoms with Crippen LogP contribution < -0.4 is 10.2 Å². The molecule has 0 fully saturated rings. The number of pyridine rings is 1. The second-order valence-corrected chi connectivity index (χ2v) is 6.75. The highest BCUT2D eigenvalue weighted by atomic mass is 16.1. The molecule has 0 radical (unpaired) electrons. The number of nitrogens with one attached hydrogen (secondary N) is 1. The van der Waals surface area contributed by atoms with Gasteiger partial charge in [0.15, 0.2) is 0 Å². The van der Waals surface area contributed by atoms with Crippen LogP contribution in [0.4, 0.5) is 5.82 Å². The summed E-state index contributed by atoms with van der Waals surface area (Å²) in [6.45, 7) is 7.43. The van der Waals surface area contributed by atoms with E-state index in [2.05, 4.69) is 21.8 Å². The van der Waals surface area contributed by atoms with Crippen LogP contribution in [0.3, 0.4) is 0 Å². The van der Waals surface area contributed by atoms with E-state index in [9.17, 15) is 10.1 Å². The molecule has 0 saturated heterocycles. The smallest absolute Gasteiger partial charge is 0.262 e. The van der Waals surface area contributed by atoms with Crippen molar-refractivity contribution < 1.29 is 4.79 Å². The Balaban J connectivity index is 2.11. The van der Waals surface area contributed by atoms with Gasteiger partial charge >= 0.3 is 0 Å². The van der Waals surface area contributed by atoms with E-state index in [1.807, 2.05) is 57.1 Å². The van der Waals surface area contributed by atoms with E-state index < -0.39 is 0 Å². The Morgan fingerprint density at radius 3 is 2.67 bits per heavy atom. The number of aryl methyl sites for hydroxylation is 1. The van der Waals surface area contributed by atoms with E-state index in [1.54, 1.807) is 12.3 Å². The number of hydrogen-bond acceptors (Lipinski definition) is 4. The van der Waals surface area contributed by atoms with Crippen LogP contribution in [0.1, 0.15) is 35.9 Å². The van der Waals surface area contributed by atoms with Crippen LogP contribution in [-0.2, 0) is 17.9 Å². The molecule has 2 aromatic heterocycles. The standard InChI is InChI=1S/C21H27N5O/c1-6-9-26-15(2)10-18(16(26)3)11-19(12-22)21(27)24-14-17-7-8-20(23-13-17)25(4)5/h7-8,10-11,13H,6,9,14H2,1-5H3,(H,24,27)/b19-11+. The number of amides is 1. The van der Waals surface area contributed by atoms with Crippen LogP contribution in [0, 0.1) is 25.2 Å². The second-order valence-electron chi connectivity index (χ2n) is 6.75. The van der Waals surface area contributed by atoms with Gasteiger partial charge in [0.2, 0.25) is 0 Å². The predicted octanol–water partition coefficient (Wildman–Crippen LogP) is 3.20. The lowest BCUT2D eigenvalue weighted by Gasteiger charge is -2.11. The minimum absolute atomic E-state index is 0.101. The molecule has 6 heteroatoms. The first-order valence-electron chi connectivity index (χ1n) is 9.06. The van der Waals surface area contributed by atoms with Crippen LogP contribution >= 0.6 is 0 Å². The van der Waals surface area contributed by atoms with Crippen LogP contribution in [0.25, 0.3) is 6.08 Å². The van der Waals surface area contributed by atoms with Crippen molar-refractivity contribution >= 4 is 17.8 Å². The molecule has 0 aromatic carbocycles. The summed E-state index contributed by atoms with van der Waals surface area (Å²) in [5, 5.41) is 12.2. The summed E-state index contributed by atoms with van der Waals surface area (Å²) < 4.78 is 2.21. The zero-order chi connectivity index (χ0) is 20.0. The Bertz CT molecular complexity index is 869. The first-order valence-corrected chi connectivity index (χ1v) is 9.06. The lowest BCUT2D eigenvalue weighted by molar-refractivity contribution is -0.117. The zero-order valence-electron chi connectivity index (χ0n) is 16.7. The average molecular weight is 365 g/mol. The highest BCUT2D eigenvalue weighted by Crippen LogP contribution is 2.19. The normalized spacial score (nSPS) is 11.2. The lowest BCUT2D eigenvalue weighted by Crippen LogP contribution is -2.24. The Morgan fingerprint density at radius 1 is 1.37 bits per heavy atom. The molecule has 6 nitrogen and oxygen atoms in total. The molecule has 0 saturated carbocycles. The molecular weight excluding hydrogens is 338 g/mol. The molecule has 0 spiro atoms. The van der Waals surface area contributed by atoms with Crippen molar-refractivity contribution in [1.29, 1.82) is 5.26 Å². The molecule has 142 valence electrons. The van der Waals surface area contributed by atoms with Gasteiger partial charge in [-0.15, -0.1) is 0 Å². The fourth-order valence-corrected chi connectivity index (χ4v) is 2.91. The summed E-state index contributed by atoms with van der Waals surface area (Å²) in [6, 6.07) is 7.84. The summed E-state index contributed by atoms with van der Waals surface area (Å²) in [5.74, 6) is 0.472. The number of anilines is 1. The second kappa shape index (κ2) is 9.04. The van der Waals surface area contributed by atoms with E-state index in [-0.39, 0.29) is 11.5 Å². The van der Waals surface area contributed by atoms with Crippen molar-refractivity contribution in [2.45, 2.75) is 40.3 Å². The van der Waals surface area contributed by atoms with E-state index in [4.69, 9.17) is 0 Å². The maximum atomic E-state index is 12.4. The number of carbonyl (C=O) groups excluding carboxylic acids is 1. The summed E-state index contributed by atoms with van der Waals surface area (Å²) >= 11 is 0. The van der Waals surface area contributed by atoms with Gasteiger partial charge in [-0.2, -0.15) is 5.26 Å². The molecule has 0 atom stereocenters. The average Bonchev–Trinajstić information content (AvgIpc) is 2.92. The molecule has 1 N–H and O–H groups in total. The molecule has 0 bridgehead atoms. The van der Waals surface area contributed by atoms with Gasteiger partial charge in [-0.3, -0.25) is 4.79 Å². The molecular formula is C21H27N5O. The van der Waals surface area contributed by atoms with Crippen molar-refractivity contribution in [1.82, 2.24) is 14.9 Å². The van der Waals surface area contributed by atoms with E-state index in [1.165, 1.54) is 0 Å². The Labute approximate surface area is 161 Å². The number of rotatable bonds is 7. The number of nitriles is 1. The fourth-order valence-electron chi connectivity index (χ4n) is 2.91. The third kappa shape index (κ3) is 4.98. The van der Waals surface area contributed by atoms with Crippen molar-refractivity contribution in [3.05, 3.63) is 52.5 Å². The zero-order valence-corrected chi connectivity index (χ0v) is 16.7. The minimum atomic E-state index is -0.380. The lowest BCUT2D eigenvalue weighted by atomic mass is 10.1. The van der Waals surface area contributed by atoms with Crippen LogP contribution in [0.5, 0.6) is 0 Å². The number of hydrogen-bond donors (Lipinski definition) is 1. The monoisotopic (exact) mass is 365 g/mol. The first kappa shape index (κ1) is 20.2. The molecule has 2 aromatic rings. The molecule has 0 aliphatic carbocycles. The highest BCUT2D eigenvalue weighted by molar-refractivity contribution is 6.01. The maximum absolute atomic E-state index is 12.4. The van der Waals surface area contributed by atoms with Crippen molar-refractivity contribution in [3.8, 4) is 6.07 Å². The van der Waals surface area contributed by atoms with E-state index >= 15 is 0 Å². The quantitative estimate of drug-likeness (QED) is 0.604. The van der Waals surface area contributed by atoms with Crippen molar-refractivity contribution in [2.75, 3.05) is 19.0 Å². The number of aromatic nitrogens is 2. The third-order valence-corrected chi connectivity index (χ3v) is 4.45. The largest absolute Gasteiger partial charge is 0.363 e. The summed E-state index contributed by atoms with van der Waals surface area (Å²) in [7, 11) is 3.84. The van der Waals surface area contributed by atoms with Gasteiger partial charge in [-0.25, -0.2) is 4.98 Å². The van der Waals surface area contributed by atoms with Gasteiger partial charge < -0.3 is 14.8 Å². The van der Waals surface area contributed by atoms with Crippen LogP contribution in [0.15, 0.2) is 30.0 Å². The van der Waals surface area contributed by atoms with Gasteiger partial charge in [-0.1, -0.05) is 13.0 Å². The van der Waals surface area contributed by atoms with Crippen LogP contribution in [0.2, 0.25) is 0 Å². The van der Waals surface area contributed by atoms with E-state index in [0.717, 1.165) is 41.3 Å². The van der Waals surface area contributed by atoms with Crippen LogP contribution in [-0.4, -0.2) is 29.6 Å². The van der Waals surface area contributed by atoms with Gasteiger partial charge in [0.05, 0.1) is 0 Å². The molecule has 0 unspecified atom stereocenters. The molecule has 0 aliphatic heterocycles. The molecule has 27 heavy (non-hydrogen) atoms. The van der Waals surface area contributed by atoms with E-state index in [0.29, 0.717) is 6.54 Å². The fraction of sp³-hybridized carbons (Fsp3) is 0.381. The highest BCUT2D eigenvalue weighted by Gasteiger charge is 2.12. The Morgan fingerprint density at radius 2 is 2.11 bits per heavy atom. The molecule has 2 rings (SSSR count). The maximum Gasteiger partial charge on any atom is 0.262 e. The Hall–Kier alpha value is -3.07. The van der Waals surface area contributed by atoms with Gasteiger partial charge in [0.1, 0.15) is 17.5 Å². The topological polar surface area (TPSA) is 74.0 Å². The third-order valence-electron chi connectivity index (χ3n) is 4.45.